The first-order valence-corrected chi connectivity index (χ1v) is 8.05. The molecule has 0 aliphatic heterocycles. The normalized spacial score (nSPS) is 9.68. The molecule has 2 aromatic carbocycles. The average molecular weight is 345 g/mol. The van der Waals surface area contributed by atoms with Crippen molar-refractivity contribution in [2.75, 3.05) is 4.90 Å². The second kappa shape index (κ2) is 9.59. The summed E-state index contributed by atoms with van der Waals surface area (Å²) < 4.78 is 27.8. The van der Waals surface area contributed by atoms with Crippen molar-refractivity contribution in [1.82, 2.24) is 5.43 Å². The molecule has 0 atom stereocenters. The molecule has 0 bridgehead atoms. The van der Waals surface area contributed by atoms with Gasteiger partial charge in [0, 0.05) is 28.2 Å². The summed E-state index contributed by atoms with van der Waals surface area (Å²) in [5.74, 6) is 4.54. The number of nitrogens with zero attached hydrogens (tertiary/aromatic N) is 1. The number of allylic oxidation sites excluding steroid dienone is 1. The lowest BCUT2D eigenvalue weighted by atomic mass is 10.1. The lowest BCUT2D eigenvalue weighted by Gasteiger charge is -2.25. The van der Waals surface area contributed by atoms with Gasteiger partial charge in [-0.05, 0) is 31.2 Å². The maximum atomic E-state index is 14.3. The molecule has 134 valence electrons. The van der Waals surface area contributed by atoms with Crippen LogP contribution in [0.5, 0.6) is 0 Å². The Morgan fingerprint density at radius 2 is 1.80 bits per heavy atom. The lowest BCUT2D eigenvalue weighted by Crippen LogP contribution is -2.21. The van der Waals surface area contributed by atoms with Gasteiger partial charge in [0.2, 0.25) is 0 Å². The Labute approximate surface area is 148 Å². The van der Waals surface area contributed by atoms with Crippen molar-refractivity contribution in [1.29, 1.82) is 0 Å². The highest BCUT2D eigenvalue weighted by molar-refractivity contribution is 5.61. The van der Waals surface area contributed by atoms with Gasteiger partial charge in [-0.3, -0.25) is 5.84 Å². The zero-order valence-electron chi connectivity index (χ0n) is 14.9. The molecule has 0 saturated heterocycles. The average Bonchev–Trinajstić information content (AvgIpc) is 2.61. The smallest absolute Gasteiger partial charge is 0.128 e. The van der Waals surface area contributed by atoms with Crippen molar-refractivity contribution < 1.29 is 8.78 Å². The zero-order valence-corrected chi connectivity index (χ0v) is 14.9. The SMILES string of the molecule is C=C(NN)c1ccc(CN(C(=C)C)c2cccc(F)c2)c(F)c1.CC. The molecule has 5 heteroatoms. The topological polar surface area (TPSA) is 41.3 Å². The summed E-state index contributed by atoms with van der Waals surface area (Å²) in [6.07, 6.45) is 0. The summed E-state index contributed by atoms with van der Waals surface area (Å²) in [7, 11) is 0. The van der Waals surface area contributed by atoms with Gasteiger partial charge in [-0.25, -0.2) is 8.78 Å². The third-order valence-electron chi connectivity index (χ3n) is 3.48. The largest absolute Gasteiger partial charge is 0.341 e. The Morgan fingerprint density at radius 3 is 2.32 bits per heavy atom. The highest BCUT2D eigenvalue weighted by Crippen LogP contribution is 2.24. The van der Waals surface area contributed by atoms with Gasteiger partial charge in [0.05, 0.1) is 6.54 Å². The number of rotatable bonds is 6. The van der Waals surface area contributed by atoms with E-state index in [0.717, 1.165) is 0 Å². The summed E-state index contributed by atoms with van der Waals surface area (Å²) in [5, 5.41) is 0. The summed E-state index contributed by atoms with van der Waals surface area (Å²) in [5.41, 5.74) is 5.16. The Kier molecular flexibility index (Phi) is 7.82. The van der Waals surface area contributed by atoms with Crippen molar-refractivity contribution in [3.8, 4) is 0 Å². The van der Waals surface area contributed by atoms with Crippen LogP contribution in [0, 0.1) is 11.6 Å². The molecule has 0 aromatic heterocycles. The van der Waals surface area contributed by atoms with E-state index < -0.39 is 0 Å². The minimum Gasteiger partial charge on any atom is -0.341 e. The minimum absolute atomic E-state index is 0.243. The number of hydrogen-bond acceptors (Lipinski definition) is 3. The highest BCUT2D eigenvalue weighted by Gasteiger charge is 2.13. The second-order valence-electron chi connectivity index (χ2n) is 5.23. The van der Waals surface area contributed by atoms with E-state index in [1.165, 1.54) is 18.2 Å². The number of nitrogens with one attached hydrogen (secondary N) is 1. The fraction of sp³-hybridized carbons (Fsp3) is 0.200. The third-order valence-corrected chi connectivity index (χ3v) is 3.48. The molecule has 0 saturated carbocycles. The van der Waals surface area contributed by atoms with Crippen molar-refractivity contribution in [2.24, 2.45) is 5.84 Å². The van der Waals surface area contributed by atoms with Gasteiger partial charge in [0.15, 0.2) is 0 Å². The monoisotopic (exact) mass is 345 g/mol. The Hall–Kier alpha value is -2.66. The van der Waals surface area contributed by atoms with E-state index in [4.69, 9.17) is 5.84 Å². The fourth-order valence-electron chi connectivity index (χ4n) is 2.21. The van der Waals surface area contributed by atoms with Crippen LogP contribution in [0.25, 0.3) is 5.70 Å². The van der Waals surface area contributed by atoms with Crippen LogP contribution in [0.1, 0.15) is 31.9 Å². The standard InChI is InChI=1S/C18H19F2N3.C2H6/c1-12(2)23(17-6-4-5-16(19)10-17)11-15-8-7-14(9-18(15)20)13(3)22-21;1-2/h4-10,22H,1,3,11,21H2,2H3;1-2H3. The van der Waals surface area contributed by atoms with E-state index in [2.05, 4.69) is 18.6 Å². The molecular formula is C20H25F2N3. The van der Waals surface area contributed by atoms with Gasteiger partial charge in [-0.2, -0.15) is 0 Å². The maximum absolute atomic E-state index is 14.3. The van der Waals surface area contributed by atoms with E-state index in [0.29, 0.717) is 28.2 Å². The van der Waals surface area contributed by atoms with Gasteiger partial charge >= 0.3 is 0 Å². The summed E-state index contributed by atoms with van der Waals surface area (Å²) >= 11 is 0. The molecule has 0 aliphatic carbocycles. The maximum Gasteiger partial charge on any atom is 0.128 e. The second-order valence-corrected chi connectivity index (χ2v) is 5.23. The molecule has 3 nitrogen and oxygen atoms in total. The molecule has 0 amide bonds. The van der Waals surface area contributed by atoms with Crippen LogP contribution in [-0.4, -0.2) is 0 Å². The van der Waals surface area contributed by atoms with Crippen LogP contribution in [0.4, 0.5) is 14.5 Å². The summed E-state index contributed by atoms with van der Waals surface area (Å²) in [6, 6.07) is 10.9. The molecule has 0 radical (unpaired) electrons. The molecule has 25 heavy (non-hydrogen) atoms. The van der Waals surface area contributed by atoms with Crippen LogP contribution in [0.15, 0.2) is 61.3 Å². The summed E-state index contributed by atoms with van der Waals surface area (Å²) in [4.78, 5) is 1.75. The van der Waals surface area contributed by atoms with E-state index in [1.54, 1.807) is 36.1 Å². The first-order chi connectivity index (χ1) is 11.9. The van der Waals surface area contributed by atoms with Crippen molar-refractivity contribution in [2.45, 2.75) is 27.3 Å². The quantitative estimate of drug-likeness (QED) is 0.574. The van der Waals surface area contributed by atoms with E-state index in [1.807, 2.05) is 13.8 Å². The predicted molar refractivity (Wildman–Crippen MR) is 102 cm³/mol. The molecule has 0 aliphatic rings. The molecule has 0 fully saturated rings. The van der Waals surface area contributed by atoms with Gasteiger partial charge in [0.1, 0.15) is 11.6 Å². The van der Waals surface area contributed by atoms with Crippen molar-refractivity contribution in [3.05, 3.63) is 84.1 Å². The van der Waals surface area contributed by atoms with Gasteiger partial charge in [0.25, 0.3) is 0 Å². The van der Waals surface area contributed by atoms with E-state index in [9.17, 15) is 8.78 Å². The molecule has 0 spiro atoms. The fourth-order valence-corrected chi connectivity index (χ4v) is 2.21. The Morgan fingerprint density at radius 1 is 1.12 bits per heavy atom. The molecule has 3 N–H and O–H groups in total. The van der Waals surface area contributed by atoms with E-state index in [-0.39, 0.29) is 18.2 Å². The zero-order chi connectivity index (χ0) is 19.0. The Bertz CT molecular complexity index is 741. The Balaban J connectivity index is 0.00000151. The number of benzene rings is 2. The summed E-state index contributed by atoms with van der Waals surface area (Å²) in [6.45, 7) is 13.6. The highest BCUT2D eigenvalue weighted by atomic mass is 19.1. The molecule has 2 aromatic rings. The first-order valence-electron chi connectivity index (χ1n) is 8.05. The van der Waals surface area contributed by atoms with Gasteiger partial charge in [-0.15, -0.1) is 0 Å². The first kappa shape index (κ1) is 20.4. The van der Waals surface area contributed by atoms with Gasteiger partial charge < -0.3 is 10.3 Å². The molecular weight excluding hydrogens is 320 g/mol. The third kappa shape index (κ3) is 5.43. The number of hydrogen-bond donors (Lipinski definition) is 2. The number of nitrogens with two attached hydrogens (primary N) is 1. The molecule has 0 unspecified atom stereocenters. The molecule has 2 rings (SSSR count). The van der Waals surface area contributed by atoms with Crippen molar-refractivity contribution in [3.63, 3.8) is 0 Å². The number of anilines is 1. The van der Waals surface area contributed by atoms with E-state index >= 15 is 0 Å². The van der Waals surface area contributed by atoms with Crippen LogP contribution in [0.3, 0.4) is 0 Å². The van der Waals surface area contributed by atoms with Crippen LogP contribution >= 0.6 is 0 Å². The number of halogens is 2. The lowest BCUT2D eigenvalue weighted by molar-refractivity contribution is 0.606. The van der Waals surface area contributed by atoms with Crippen LogP contribution in [-0.2, 0) is 6.54 Å². The predicted octanol–water partition coefficient (Wildman–Crippen LogP) is 4.97. The van der Waals surface area contributed by atoms with Crippen molar-refractivity contribution >= 4 is 11.4 Å². The van der Waals surface area contributed by atoms with Crippen LogP contribution < -0.4 is 16.2 Å². The van der Waals surface area contributed by atoms with Crippen LogP contribution in [0.2, 0.25) is 0 Å². The van der Waals surface area contributed by atoms with Gasteiger partial charge in [-0.1, -0.05) is 45.2 Å². The minimum atomic E-state index is -0.387. The number of hydrazine groups is 1. The molecule has 0 heterocycles.